The third-order valence-corrected chi connectivity index (χ3v) is 4.13. The highest BCUT2D eigenvalue weighted by Crippen LogP contribution is 2.37. The van der Waals surface area contributed by atoms with Crippen LogP contribution in [-0.4, -0.2) is 23.0 Å². The first-order valence-electron chi connectivity index (χ1n) is 6.52. The van der Waals surface area contributed by atoms with Gasteiger partial charge in [-0.15, -0.1) is 0 Å². The lowest BCUT2D eigenvalue weighted by Gasteiger charge is -2.28. The number of benzene rings is 2. The predicted octanol–water partition coefficient (Wildman–Crippen LogP) is 2.07. The molecule has 2 N–H and O–H groups in total. The van der Waals surface area contributed by atoms with Crippen molar-refractivity contribution >= 4 is 22.6 Å². The van der Waals surface area contributed by atoms with Crippen molar-refractivity contribution in [3.05, 3.63) is 48.0 Å². The van der Waals surface area contributed by atoms with E-state index in [2.05, 4.69) is 5.32 Å². The first-order valence-corrected chi connectivity index (χ1v) is 6.52. The van der Waals surface area contributed by atoms with Crippen molar-refractivity contribution in [1.82, 2.24) is 5.32 Å². The Kier molecular flexibility index (Phi) is 2.74. The molecule has 3 rings (SSSR count). The van der Waals surface area contributed by atoms with E-state index in [1.165, 1.54) is 0 Å². The van der Waals surface area contributed by atoms with E-state index in [4.69, 9.17) is 0 Å². The second-order valence-corrected chi connectivity index (χ2v) is 5.49. The van der Waals surface area contributed by atoms with Crippen molar-refractivity contribution in [3.63, 3.8) is 0 Å². The lowest BCUT2D eigenvalue weighted by Crippen LogP contribution is -2.44. The number of carboxylic acids is 1. The molecule has 1 amide bonds. The Morgan fingerprint density at radius 2 is 1.95 bits per heavy atom. The lowest BCUT2D eigenvalue weighted by molar-refractivity contribution is -0.141. The molecular weight excluding hydrogens is 254 g/mol. The van der Waals surface area contributed by atoms with Crippen LogP contribution in [0.3, 0.4) is 0 Å². The van der Waals surface area contributed by atoms with Crippen molar-refractivity contribution in [2.75, 3.05) is 0 Å². The molecular formula is C16H15NO3. The number of carbonyl (C=O) groups excluding carboxylic acids is 1. The molecule has 0 radical (unpaired) electrons. The fraction of sp³-hybridized carbons (Fsp3) is 0.250. The van der Waals surface area contributed by atoms with E-state index < -0.39 is 17.4 Å². The van der Waals surface area contributed by atoms with Crippen LogP contribution in [0.2, 0.25) is 0 Å². The molecule has 0 bridgehead atoms. The summed E-state index contributed by atoms with van der Waals surface area (Å²) in [5.74, 6) is -1.21. The van der Waals surface area contributed by atoms with Gasteiger partial charge in [0.05, 0.1) is 0 Å². The number of hydrogen-bond acceptors (Lipinski definition) is 2. The van der Waals surface area contributed by atoms with Crippen LogP contribution >= 0.6 is 0 Å². The van der Waals surface area contributed by atoms with Crippen molar-refractivity contribution in [1.29, 1.82) is 0 Å². The average molecular weight is 269 g/mol. The highest BCUT2D eigenvalue weighted by Gasteiger charge is 2.48. The zero-order valence-corrected chi connectivity index (χ0v) is 11.1. The number of nitrogens with one attached hydrogen (secondary N) is 1. The Labute approximate surface area is 116 Å². The van der Waals surface area contributed by atoms with E-state index in [9.17, 15) is 14.7 Å². The monoisotopic (exact) mass is 269 g/mol. The third kappa shape index (κ3) is 1.84. The fourth-order valence-corrected chi connectivity index (χ4v) is 2.95. The maximum Gasteiger partial charge on any atom is 0.327 e. The number of aliphatic carboxylic acids is 1. The summed E-state index contributed by atoms with van der Waals surface area (Å²) in [4.78, 5) is 23.0. The van der Waals surface area contributed by atoms with E-state index >= 15 is 0 Å². The van der Waals surface area contributed by atoms with Gasteiger partial charge in [-0.2, -0.15) is 0 Å². The van der Waals surface area contributed by atoms with Crippen LogP contribution in [0.15, 0.2) is 42.5 Å². The second kappa shape index (κ2) is 4.34. The van der Waals surface area contributed by atoms with E-state index in [1.807, 2.05) is 49.4 Å². The first kappa shape index (κ1) is 12.7. The molecule has 2 atom stereocenters. The Hall–Kier alpha value is -2.36. The molecule has 1 aliphatic rings. The first-order chi connectivity index (χ1) is 9.50. The summed E-state index contributed by atoms with van der Waals surface area (Å²) >= 11 is 0. The molecule has 0 aromatic heterocycles. The zero-order chi connectivity index (χ0) is 14.3. The van der Waals surface area contributed by atoms with Gasteiger partial charge in [0.25, 0.3) is 0 Å². The Balaban J connectivity index is 2.12. The molecule has 0 saturated carbocycles. The largest absolute Gasteiger partial charge is 0.480 e. The van der Waals surface area contributed by atoms with Gasteiger partial charge in [-0.25, -0.2) is 4.79 Å². The topological polar surface area (TPSA) is 66.4 Å². The second-order valence-electron chi connectivity index (χ2n) is 5.49. The SMILES string of the molecule is CC1(c2ccc3ccccc3c2)CC(=O)NC1C(=O)O. The van der Waals surface area contributed by atoms with Crippen molar-refractivity contribution < 1.29 is 14.7 Å². The van der Waals surface area contributed by atoms with Gasteiger partial charge in [-0.05, 0) is 16.3 Å². The minimum atomic E-state index is -0.994. The zero-order valence-electron chi connectivity index (χ0n) is 11.1. The minimum absolute atomic E-state index is 0.197. The maximum atomic E-state index is 11.6. The number of carbonyl (C=O) groups is 2. The van der Waals surface area contributed by atoms with Crippen LogP contribution in [0.25, 0.3) is 10.8 Å². The number of hydrogen-bond donors (Lipinski definition) is 2. The van der Waals surface area contributed by atoms with Gasteiger partial charge < -0.3 is 10.4 Å². The molecule has 1 heterocycles. The van der Waals surface area contributed by atoms with E-state index in [-0.39, 0.29) is 12.3 Å². The van der Waals surface area contributed by atoms with Crippen molar-refractivity contribution in [3.8, 4) is 0 Å². The smallest absolute Gasteiger partial charge is 0.327 e. The molecule has 102 valence electrons. The van der Waals surface area contributed by atoms with Crippen LogP contribution < -0.4 is 5.32 Å². The molecule has 2 aromatic rings. The Morgan fingerprint density at radius 3 is 2.65 bits per heavy atom. The quantitative estimate of drug-likeness (QED) is 0.877. The number of carboxylic acid groups (broad SMARTS) is 1. The molecule has 20 heavy (non-hydrogen) atoms. The van der Waals surface area contributed by atoms with Crippen LogP contribution in [0.1, 0.15) is 18.9 Å². The average Bonchev–Trinajstić information content (AvgIpc) is 2.75. The lowest BCUT2D eigenvalue weighted by atomic mass is 9.75. The summed E-state index contributed by atoms with van der Waals surface area (Å²) in [6.07, 6.45) is 0.197. The molecule has 4 heteroatoms. The van der Waals surface area contributed by atoms with E-state index in [1.54, 1.807) is 0 Å². The van der Waals surface area contributed by atoms with Gasteiger partial charge in [0, 0.05) is 11.8 Å². The minimum Gasteiger partial charge on any atom is -0.480 e. The highest BCUT2D eigenvalue weighted by molar-refractivity contribution is 5.91. The molecule has 0 spiro atoms. The van der Waals surface area contributed by atoms with E-state index in [0.29, 0.717) is 0 Å². The third-order valence-electron chi connectivity index (χ3n) is 4.13. The van der Waals surface area contributed by atoms with Crippen LogP contribution in [0.5, 0.6) is 0 Å². The summed E-state index contributed by atoms with van der Waals surface area (Å²) in [5.41, 5.74) is 0.161. The molecule has 1 saturated heterocycles. The molecule has 2 aromatic carbocycles. The van der Waals surface area contributed by atoms with Crippen LogP contribution in [-0.2, 0) is 15.0 Å². The van der Waals surface area contributed by atoms with Gasteiger partial charge in [0.2, 0.25) is 5.91 Å². The summed E-state index contributed by atoms with van der Waals surface area (Å²) in [6.45, 7) is 1.83. The van der Waals surface area contributed by atoms with Gasteiger partial charge in [0.1, 0.15) is 6.04 Å². The predicted molar refractivity (Wildman–Crippen MR) is 75.5 cm³/mol. The molecule has 2 unspecified atom stereocenters. The highest BCUT2D eigenvalue weighted by atomic mass is 16.4. The van der Waals surface area contributed by atoms with Crippen LogP contribution in [0, 0.1) is 0 Å². The molecule has 1 aliphatic heterocycles. The van der Waals surface area contributed by atoms with Gasteiger partial charge in [0.15, 0.2) is 0 Å². The van der Waals surface area contributed by atoms with E-state index in [0.717, 1.165) is 16.3 Å². The summed E-state index contributed by atoms with van der Waals surface area (Å²) in [7, 11) is 0. The molecule has 0 aliphatic carbocycles. The Morgan fingerprint density at radius 1 is 1.25 bits per heavy atom. The maximum absolute atomic E-state index is 11.6. The van der Waals surface area contributed by atoms with Crippen LogP contribution in [0.4, 0.5) is 0 Å². The number of fused-ring (bicyclic) bond motifs is 1. The van der Waals surface area contributed by atoms with Gasteiger partial charge >= 0.3 is 5.97 Å². The summed E-state index contributed by atoms with van der Waals surface area (Å²) < 4.78 is 0. The fourth-order valence-electron chi connectivity index (χ4n) is 2.95. The standard InChI is InChI=1S/C16H15NO3/c1-16(9-13(18)17-14(16)15(19)20)12-7-6-10-4-2-3-5-11(10)8-12/h2-8,14H,9H2,1H3,(H,17,18)(H,19,20). The molecule has 4 nitrogen and oxygen atoms in total. The van der Waals surface area contributed by atoms with Gasteiger partial charge in [-0.1, -0.05) is 49.4 Å². The van der Waals surface area contributed by atoms with Crippen molar-refractivity contribution in [2.24, 2.45) is 0 Å². The van der Waals surface area contributed by atoms with Gasteiger partial charge in [-0.3, -0.25) is 4.79 Å². The summed E-state index contributed by atoms with van der Waals surface area (Å²) in [5, 5.41) is 14.0. The number of amides is 1. The normalized spacial score (nSPS) is 25.6. The van der Waals surface area contributed by atoms with Crippen molar-refractivity contribution in [2.45, 2.75) is 24.8 Å². The summed E-state index contributed by atoms with van der Waals surface area (Å²) in [6, 6.07) is 12.9. The number of rotatable bonds is 2. The molecule has 1 fully saturated rings. The Bertz CT molecular complexity index is 710.